The Balaban J connectivity index is 1.17. The van der Waals surface area contributed by atoms with Crippen LogP contribution in [-0.2, 0) is 32.4 Å². The summed E-state index contributed by atoms with van der Waals surface area (Å²) in [5.41, 5.74) is 3.31. The number of carbonyl (C=O) groups excluding carboxylic acids is 2. The highest BCUT2D eigenvalue weighted by molar-refractivity contribution is 6.76. The fourth-order valence-electron chi connectivity index (χ4n) is 8.65. The van der Waals surface area contributed by atoms with Crippen LogP contribution in [0.4, 0.5) is 15.3 Å². The predicted molar refractivity (Wildman–Crippen MR) is 252 cm³/mol. The minimum absolute atomic E-state index is 0.135. The van der Waals surface area contributed by atoms with Gasteiger partial charge in [0.25, 0.3) is 0 Å². The molecule has 0 bridgehead atoms. The van der Waals surface area contributed by atoms with Gasteiger partial charge in [-0.25, -0.2) is 19.6 Å². The molecule has 344 valence electrons. The van der Waals surface area contributed by atoms with Gasteiger partial charge in [-0.15, -0.1) is 0 Å². The summed E-state index contributed by atoms with van der Waals surface area (Å²) in [5.74, 6) is 2.08. The van der Waals surface area contributed by atoms with Gasteiger partial charge in [-0.1, -0.05) is 51.4 Å². The Morgan fingerprint density at radius 1 is 0.645 bits per heavy atom. The van der Waals surface area contributed by atoms with E-state index in [-0.39, 0.29) is 24.3 Å². The third kappa shape index (κ3) is 12.7. The molecule has 0 N–H and O–H groups in total. The van der Waals surface area contributed by atoms with Gasteiger partial charge in [-0.05, 0) is 110 Å². The second kappa shape index (κ2) is 19.6. The summed E-state index contributed by atoms with van der Waals surface area (Å²) in [6, 6.07) is 10.7. The molecule has 2 atom stereocenters. The molecule has 0 saturated carbocycles. The van der Waals surface area contributed by atoms with Crippen molar-refractivity contribution in [1.82, 2.24) is 28.9 Å². The van der Waals surface area contributed by atoms with Crippen molar-refractivity contribution < 1.29 is 28.5 Å². The van der Waals surface area contributed by atoms with Crippen molar-refractivity contribution in [2.45, 2.75) is 174 Å². The number of nitrogens with zero attached hydrogens (tertiary/aromatic N) is 7. The summed E-state index contributed by atoms with van der Waals surface area (Å²) in [7, 11) is -2.54. The zero-order chi connectivity index (χ0) is 45.0. The van der Waals surface area contributed by atoms with E-state index < -0.39 is 27.3 Å². The van der Waals surface area contributed by atoms with Crippen molar-refractivity contribution in [3.05, 3.63) is 54.0 Å². The van der Waals surface area contributed by atoms with E-state index in [4.69, 9.17) is 28.9 Å². The van der Waals surface area contributed by atoms with Crippen LogP contribution in [0.2, 0.25) is 51.4 Å². The monoisotopic (exact) mass is 892 g/mol. The van der Waals surface area contributed by atoms with Crippen LogP contribution in [0.1, 0.15) is 115 Å². The van der Waals surface area contributed by atoms with Crippen molar-refractivity contribution >= 4 is 34.0 Å². The standard InChI is InChI=1S/C47H77N7O6Si2/c1-46(2,3)59-44(55)51-23-13-15-38(51)42-48-31-40(53(42)33-57-27-29-61(7,8)9)35-17-19-37(20-18-35)50-25-21-36(22-26-50)41-32-49-43(54(41)34-58-28-30-62(10,11)12)39-16-14-24-52(39)45(56)60-47(4,5)6/h17-20,31-32,36,38-39H,13-16,21-30,33-34H2,1-12H3/t38-,39-/m0/s1. The average Bonchev–Trinajstić information content (AvgIpc) is 3.99. The smallest absolute Gasteiger partial charge is 0.410 e. The maximum atomic E-state index is 13.3. The molecule has 0 radical (unpaired) electrons. The van der Waals surface area contributed by atoms with Crippen LogP contribution in [0.3, 0.4) is 0 Å². The number of carbonyl (C=O) groups is 2. The lowest BCUT2D eigenvalue weighted by Gasteiger charge is -2.34. The molecule has 6 rings (SSSR count). The molecule has 3 aliphatic heterocycles. The lowest BCUT2D eigenvalue weighted by atomic mass is 9.93. The van der Waals surface area contributed by atoms with E-state index in [1.54, 1.807) is 0 Å². The van der Waals surface area contributed by atoms with E-state index in [1.165, 1.54) is 11.4 Å². The Labute approximate surface area is 373 Å². The van der Waals surface area contributed by atoms with Crippen LogP contribution < -0.4 is 4.90 Å². The maximum Gasteiger partial charge on any atom is 0.410 e. The van der Waals surface area contributed by atoms with Crippen LogP contribution in [0.15, 0.2) is 36.7 Å². The molecule has 0 unspecified atom stereocenters. The molecule has 3 aliphatic rings. The van der Waals surface area contributed by atoms with E-state index in [0.29, 0.717) is 39.1 Å². The lowest BCUT2D eigenvalue weighted by Crippen LogP contribution is -2.37. The number of hydrogen-bond donors (Lipinski definition) is 0. The topological polar surface area (TPSA) is 116 Å². The second-order valence-electron chi connectivity index (χ2n) is 22.1. The van der Waals surface area contributed by atoms with Gasteiger partial charge in [-0.3, -0.25) is 9.80 Å². The van der Waals surface area contributed by atoms with E-state index in [1.807, 2.05) is 63.7 Å². The van der Waals surface area contributed by atoms with Crippen molar-refractivity contribution in [1.29, 1.82) is 0 Å². The normalized spacial score (nSPS) is 19.5. The summed E-state index contributed by atoms with van der Waals surface area (Å²) in [4.78, 5) is 42.9. The number of likely N-dealkylation sites (tertiary alicyclic amines) is 2. The molecule has 15 heteroatoms. The van der Waals surface area contributed by atoms with Gasteiger partial charge in [0.2, 0.25) is 0 Å². The number of ether oxygens (including phenoxy) is 4. The van der Waals surface area contributed by atoms with Crippen LogP contribution in [0, 0.1) is 0 Å². The number of aromatic nitrogens is 4. The SMILES string of the molecule is CC(C)(C)OC(=O)N1CCC[C@H]1c1ncc(-c2ccc(N3CCC(c4cnc([C@@H]5CCCN5C(=O)OC(C)(C)C)n4COCC[Si](C)(C)C)CC3)cc2)n1COCC[Si](C)(C)C. The average molecular weight is 892 g/mol. The zero-order valence-electron chi connectivity index (χ0n) is 40.1. The number of piperidine rings is 1. The van der Waals surface area contributed by atoms with Crippen LogP contribution in [-0.4, -0.2) is 108 Å². The van der Waals surface area contributed by atoms with Crippen molar-refractivity contribution in [2.75, 3.05) is 44.3 Å². The molecule has 0 spiro atoms. The minimum Gasteiger partial charge on any atom is -0.444 e. The van der Waals surface area contributed by atoms with Gasteiger partial charge in [0.15, 0.2) is 0 Å². The van der Waals surface area contributed by atoms with Crippen LogP contribution in [0.25, 0.3) is 11.3 Å². The summed E-state index contributed by atoms with van der Waals surface area (Å²) in [6.45, 7) is 31.1. The molecule has 1 aromatic carbocycles. The highest BCUT2D eigenvalue weighted by Gasteiger charge is 2.38. The lowest BCUT2D eigenvalue weighted by molar-refractivity contribution is 0.0194. The van der Waals surface area contributed by atoms with E-state index in [0.717, 1.165) is 93.2 Å². The molecule has 2 aromatic heterocycles. The Hall–Kier alpha value is -3.67. The maximum absolute atomic E-state index is 13.3. The number of imidazole rings is 2. The van der Waals surface area contributed by atoms with Gasteiger partial charge >= 0.3 is 12.2 Å². The van der Waals surface area contributed by atoms with E-state index in [2.05, 4.69) is 77.6 Å². The first-order valence-corrected chi connectivity index (χ1v) is 30.6. The molecule has 13 nitrogen and oxygen atoms in total. The Bertz CT molecular complexity index is 1950. The van der Waals surface area contributed by atoms with Crippen molar-refractivity contribution in [2.24, 2.45) is 0 Å². The molecule has 5 heterocycles. The van der Waals surface area contributed by atoms with Crippen LogP contribution in [0.5, 0.6) is 0 Å². The van der Waals surface area contributed by atoms with Gasteiger partial charge < -0.3 is 33.0 Å². The van der Waals surface area contributed by atoms with E-state index in [9.17, 15) is 9.59 Å². The third-order valence-corrected chi connectivity index (χ3v) is 15.4. The minimum atomic E-state index is -1.28. The van der Waals surface area contributed by atoms with Gasteiger partial charge in [0, 0.05) is 79.0 Å². The fourth-order valence-corrected chi connectivity index (χ4v) is 10.2. The Morgan fingerprint density at radius 3 is 1.60 bits per heavy atom. The number of hydrogen-bond acceptors (Lipinski definition) is 9. The fraction of sp³-hybridized carbons (Fsp3) is 0.702. The molecule has 0 aliphatic carbocycles. The van der Waals surface area contributed by atoms with Crippen LogP contribution >= 0.6 is 0 Å². The first-order valence-electron chi connectivity index (χ1n) is 23.2. The van der Waals surface area contributed by atoms with Gasteiger partial charge in [0.1, 0.15) is 36.3 Å². The first-order chi connectivity index (χ1) is 29.1. The highest BCUT2D eigenvalue weighted by atomic mass is 28.3. The Morgan fingerprint density at radius 2 is 1.11 bits per heavy atom. The molecule has 62 heavy (non-hydrogen) atoms. The first kappa shape index (κ1) is 47.8. The number of amides is 2. The van der Waals surface area contributed by atoms with Gasteiger partial charge in [-0.2, -0.15) is 0 Å². The quantitative estimate of drug-likeness (QED) is 0.109. The molecule has 3 aromatic rings. The molecular formula is C47H77N7O6Si2. The van der Waals surface area contributed by atoms with Crippen molar-refractivity contribution in [3.8, 4) is 11.3 Å². The molecule has 3 saturated heterocycles. The summed E-state index contributed by atoms with van der Waals surface area (Å²) in [6.07, 6.45) is 8.90. The highest BCUT2D eigenvalue weighted by Crippen LogP contribution is 2.39. The number of benzene rings is 1. The Kier molecular flexibility index (Phi) is 15.1. The second-order valence-corrected chi connectivity index (χ2v) is 33.3. The predicted octanol–water partition coefficient (Wildman–Crippen LogP) is 10.9. The number of rotatable bonds is 15. The molecular weight excluding hydrogens is 815 g/mol. The summed E-state index contributed by atoms with van der Waals surface area (Å²) >= 11 is 0. The molecule has 3 fully saturated rings. The van der Waals surface area contributed by atoms with Gasteiger partial charge in [0.05, 0.1) is 24.0 Å². The zero-order valence-corrected chi connectivity index (χ0v) is 42.1. The summed E-state index contributed by atoms with van der Waals surface area (Å²) in [5, 5.41) is 0. The largest absolute Gasteiger partial charge is 0.444 e. The summed E-state index contributed by atoms with van der Waals surface area (Å²) < 4.78 is 28.8. The van der Waals surface area contributed by atoms with Crippen molar-refractivity contribution in [3.63, 3.8) is 0 Å². The molecule has 2 amide bonds. The third-order valence-electron chi connectivity index (χ3n) is 12.0. The van der Waals surface area contributed by atoms with E-state index >= 15 is 0 Å². The number of anilines is 1.